The molecule has 19 heavy (non-hydrogen) atoms. The molecule has 100 valence electrons. The molecule has 0 aliphatic heterocycles. The molecule has 1 atom stereocenters. The van der Waals surface area contributed by atoms with Crippen LogP contribution >= 0.6 is 15.9 Å². The van der Waals surface area contributed by atoms with Crippen LogP contribution in [0.3, 0.4) is 0 Å². The number of nitrogens with two attached hydrogens (primary N) is 1. The second kappa shape index (κ2) is 4.80. The Balaban J connectivity index is 2.23. The second-order valence-electron chi connectivity index (χ2n) is 5.41. The number of aryl methyl sites for hydroxylation is 1. The maximum absolute atomic E-state index is 6.25. The van der Waals surface area contributed by atoms with E-state index in [4.69, 9.17) is 5.73 Å². The summed E-state index contributed by atoms with van der Waals surface area (Å²) in [5, 5.41) is 0. The molecule has 0 amide bonds. The minimum atomic E-state index is 0.205. The molecule has 1 aromatic heterocycles. The van der Waals surface area contributed by atoms with Crippen LogP contribution in [0.25, 0.3) is 5.69 Å². The van der Waals surface area contributed by atoms with Crippen LogP contribution in [0.4, 0.5) is 0 Å². The maximum Gasteiger partial charge on any atom is 0.0495 e. The SMILES string of the molecule is Cc1c(Br)cccc1-n1c(C)cc2c1CCCC2N. The van der Waals surface area contributed by atoms with Crippen molar-refractivity contribution in [2.24, 2.45) is 5.73 Å². The number of hydrogen-bond donors (Lipinski definition) is 1. The molecule has 0 saturated carbocycles. The minimum Gasteiger partial charge on any atom is -0.324 e. The number of hydrogen-bond acceptors (Lipinski definition) is 1. The molecule has 1 aromatic carbocycles. The lowest BCUT2D eigenvalue weighted by molar-refractivity contribution is 0.559. The van der Waals surface area contributed by atoms with Gasteiger partial charge in [0.1, 0.15) is 0 Å². The zero-order valence-electron chi connectivity index (χ0n) is 11.4. The molecular formula is C16H19BrN2. The fourth-order valence-electron chi connectivity index (χ4n) is 3.11. The topological polar surface area (TPSA) is 30.9 Å². The maximum atomic E-state index is 6.25. The van der Waals surface area contributed by atoms with E-state index in [-0.39, 0.29) is 6.04 Å². The van der Waals surface area contributed by atoms with Crippen molar-refractivity contribution >= 4 is 15.9 Å². The van der Waals surface area contributed by atoms with Gasteiger partial charge in [0, 0.05) is 27.6 Å². The summed E-state index contributed by atoms with van der Waals surface area (Å²) in [6, 6.07) is 8.85. The van der Waals surface area contributed by atoms with Crippen molar-refractivity contribution in [3.8, 4) is 5.69 Å². The molecule has 1 aliphatic carbocycles. The van der Waals surface area contributed by atoms with Gasteiger partial charge in [-0.05, 0) is 62.4 Å². The zero-order valence-corrected chi connectivity index (χ0v) is 13.0. The first-order chi connectivity index (χ1) is 9.09. The number of rotatable bonds is 1. The Morgan fingerprint density at radius 3 is 2.89 bits per heavy atom. The Morgan fingerprint density at radius 1 is 1.32 bits per heavy atom. The van der Waals surface area contributed by atoms with E-state index >= 15 is 0 Å². The molecule has 1 aliphatic rings. The summed E-state index contributed by atoms with van der Waals surface area (Å²) in [7, 11) is 0. The molecule has 3 rings (SSSR count). The van der Waals surface area contributed by atoms with Crippen LogP contribution in [0.1, 0.15) is 41.4 Å². The first kappa shape index (κ1) is 12.9. The first-order valence-electron chi connectivity index (χ1n) is 6.81. The van der Waals surface area contributed by atoms with E-state index in [1.807, 2.05) is 0 Å². The molecule has 2 aromatic rings. The zero-order chi connectivity index (χ0) is 13.6. The van der Waals surface area contributed by atoms with Gasteiger partial charge in [0.25, 0.3) is 0 Å². The summed E-state index contributed by atoms with van der Waals surface area (Å²) in [6.07, 6.45) is 3.42. The molecular weight excluding hydrogens is 300 g/mol. The van der Waals surface area contributed by atoms with Crippen LogP contribution in [0, 0.1) is 13.8 Å². The van der Waals surface area contributed by atoms with Gasteiger partial charge in [-0.25, -0.2) is 0 Å². The largest absolute Gasteiger partial charge is 0.324 e. The van der Waals surface area contributed by atoms with E-state index < -0.39 is 0 Å². The van der Waals surface area contributed by atoms with E-state index in [2.05, 4.69) is 58.6 Å². The highest BCUT2D eigenvalue weighted by Gasteiger charge is 2.23. The molecule has 1 heterocycles. The third-order valence-electron chi connectivity index (χ3n) is 4.13. The molecule has 0 bridgehead atoms. The van der Waals surface area contributed by atoms with Gasteiger partial charge in [-0.3, -0.25) is 0 Å². The van der Waals surface area contributed by atoms with Gasteiger partial charge in [0.2, 0.25) is 0 Å². The Bertz CT molecular complexity index is 628. The summed E-state index contributed by atoms with van der Waals surface area (Å²) < 4.78 is 3.54. The van der Waals surface area contributed by atoms with Crippen molar-refractivity contribution in [3.05, 3.63) is 51.3 Å². The highest BCUT2D eigenvalue weighted by atomic mass is 79.9. The van der Waals surface area contributed by atoms with Crippen LogP contribution in [0.2, 0.25) is 0 Å². The van der Waals surface area contributed by atoms with Gasteiger partial charge in [-0.1, -0.05) is 22.0 Å². The van der Waals surface area contributed by atoms with E-state index in [0.29, 0.717) is 0 Å². The summed E-state index contributed by atoms with van der Waals surface area (Å²) >= 11 is 3.63. The Labute approximate surface area is 122 Å². The van der Waals surface area contributed by atoms with Crippen LogP contribution in [0.5, 0.6) is 0 Å². The fraction of sp³-hybridized carbons (Fsp3) is 0.375. The van der Waals surface area contributed by atoms with Crippen molar-refractivity contribution < 1.29 is 0 Å². The smallest absolute Gasteiger partial charge is 0.0495 e. The Kier molecular flexibility index (Phi) is 3.27. The van der Waals surface area contributed by atoms with Gasteiger partial charge in [-0.15, -0.1) is 0 Å². The van der Waals surface area contributed by atoms with Crippen molar-refractivity contribution in [1.29, 1.82) is 0 Å². The van der Waals surface area contributed by atoms with Crippen molar-refractivity contribution in [1.82, 2.24) is 4.57 Å². The molecule has 0 saturated heterocycles. The predicted octanol–water partition coefficient (Wildman–Crippen LogP) is 4.19. The quantitative estimate of drug-likeness (QED) is 0.839. The van der Waals surface area contributed by atoms with Crippen LogP contribution in [-0.4, -0.2) is 4.57 Å². The number of halogens is 1. The van der Waals surface area contributed by atoms with Gasteiger partial charge in [0.05, 0.1) is 0 Å². The van der Waals surface area contributed by atoms with E-state index in [9.17, 15) is 0 Å². The van der Waals surface area contributed by atoms with Gasteiger partial charge >= 0.3 is 0 Å². The normalized spacial score (nSPS) is 18.4. The second-order valence-corrected chi connectivity index (χ2v) is 6.26. The minimum absolute atomic E-state index is 0.205. The van der Waals surface area contributed by atoms with Crippen LogP contribution in [0.15, 0.2) is 28.7 Å². The number of fused-ring (bicyclic) bond motifs is 1. The monoisotopic (exact) mass is 318 g/mol. The van der Waals surface area contributed by atoms with E-state index in [1.165, 1.54) is 34.6 Å². The van der Waals surface area contributed by atoms with Crippen LogP contribution in [-0.2, 0) is 6.42 Å². The van der Waals surface area contributed by atoms with E-state index in [0.717, 1.165) is 17.3 Å². The van der Waals surface area contributed by atoms with Crippen molar-refractivity contribution in [2.75, 3.05) is 0 Å². The van der Waals surface area contributed by atoms with Gasteiger partial charge in [-0.2, -0.15) is 0 Å². The fourth-order valence-corrected chi connectivity index (χ4v) is 3.47. The number of benzene rings is 1. The lowest BCUT2D eigenvalue weighted by atomic mass is 9.93. The molecule has 0 radical (unpaired) electrons. The first-order valence-corrected chi connectivity index (χ1v) is 7.61. The third kappa shape index (κ3) is 2.05. The average molecular weight is 319 g/mol. The predicted molar refractivity (Wildman–Crippen MR) is 82.8 cm³/mol. The van der Waals surface area contributed by atoms with Crippen LogP contribution < -0.4 is 5.73 Å². The highest BCUT2D eigenvalue weighted by Crippen LogP contribution is 2.34. The molecule has 2 nitrogen and oxygen atoms in total. The molecule has 0 fully saturated rings. The standard InChI is InChI=1S/C16H19BrN2/c1-10-9-12-14(18)6-4-8-16(12)19(10)15-7-3-5-13(17)11(15)2/h3,5,7,9,14H,4,6,8,18H2,1-2H3. The third-order valence-corrected chi connectivity index (χ3v) is 4.99. The Hall–Kier alpha value is -1.06. The molecule has 3 heteroatoms. The van der Waals surface area contributed by atoms with Crippen molar-refractivity contribution in [3.63, 3.8) is 0 Å². The van der Waals surface area contributed by atoms with Gasteiger partial charge in [0.15, 0.2) is 0 Å². The average Bonchev–Trinajstić information content (AvgIpc) is 2.71. The molecule has 1 unspecified atom stereocenters. The molecule has 0 spiro atoms. The summed E-state index contributed by atoms with van der Waals surface area (Å²) in [5.74, 6) is 0. The lowest BCUT2D eigenvalue weighted by Gasteiger charge is -2.22. The Morgan fingerprint density at radius 2 is 2.11 bits per heavy atom. The highest BCUT2D eigenvalue weighted by molar-refractivity contribution is 9.10. The van der Waals surface area contributed by atoms with Crippen molar-refractivity contribution in [2.45, 2.75) is 39.2 Å². The van der Waals surface area contributed by atoms with E-state index in [1.54, 1.807) is 0 Å². The lowest BCUT2D eigenvalue weighted by Crippen LogP contribution is -2.18. The summed E-state index contributed by atoms with van der Waals surface area (Å²) in [5.41, 5.74) is 12.8. The van der Waals surface area contributed by atoms with Gasteiger partial charge < -0.3 is 10.3 Å². The molecule has 2 N–H and O–H groups in total. The summed E-state index contributed by atoms with van der Waals surface area (Å²) in [6.45, 7) is 4.33. The number of aromatic nitrogens is 1. The number of nitrogens with zero attached hydrogens (tertiary/aromatic N) is 1. The summed E-state index contributed by atoms with van der Waals surface area (Å²) in [4.78, 5) is 0.